The van der Waals surface area contributed by atoms with E-state index < -0.39 is 11.9 Å². The largest absolute Gasteiger partial charge is 0.477 e. The first-order chi connectivity index (χ1) is 12.5. The summed E-state index contributed by atoms with van der Waals surface area (Å²) < 4.78 is 5.63. The first-order valence-corrected chi connectivity index (χ1v) is 7.94. The van der Waals surface area contributed by atoms with Crippen LogP contribution in [0.25, 0.3) is 17.4 Å². The van der Waals surface area contributed by atoms with Gasteiger partial charge in [0.1, 0.15) is 22.4 Å². The fraction of sp³-hybridized carbons (Fsp3) is 0. The summed E-state index contributed by atoms with van der Waals surface area (Å²) in [6, 6.07) is 15.6. The fourth-order valence-corrected chi connectivity index (χ4v) is 2.30. The van der Waals surface area contributed by atoms with Gasteiger partial charge in [-0.3, -0.25) is 4.79 Å². The number of rotatable bonds is 5. The van der Waals surface area contributed by atoms with Crippen LogP contribution in [0.15, 0.2) is 70.9 Å². The van der Waals surface area contributed by atoms with Gasteiger partial charge < -0.3 is 14.8 Å². The van der Waals surface area contributed by atoms with Gasteiger partial charge in [0.15, 0.2) is 0 Å². The number of nitrogens with zero attached hydrogens (tertiary/aromatic N) is 1. The van der Waals surface area contributed by atoms with E-state index in [2.05, 4.69) is 10.3 Å². The second-order valence-electron chi connectivity index (χ2n) is 5.25. The van der Waals surface area contributed by atoms with Crippen LogP contribution in [-0.2, 0) is 4.79 Å². The molecule has 0 aliphatic rings. The highest BCUT2D eigenvalue weighted by molar-refractivity contribution is 6.29. The number of hydrogen-bond donors (Lipinski definition) is 2. The number of halogens is 1. The highest BCUT2D eigenvalue weighted by atomic mass is 35.5. The molecule has 6 nitrogen and oxygen atoms in total. The number of carboxylic acid groups (broad SMARTS) is 1. The molecule has 7 heteroatoms. The first kappa shape index (κ1) is 17.4. The zero-order valence-corrected chi connectivity index (χ0v) is 14.1. The Morgan fingerprint density at radius 3 is 2.50 bits per heavy atom. The third-order valence-electron chi connectivity index (χ3n) is 3.44. The molecule has 0 unspecified atom stereocenters. The Bertz CT molecular complexity index is 963. The number of nitrogens with one attached hydrogen (secondary N) is 1. The minimum Gasteiger partial charge on any atom is -0.477 e. The number of hydrogen-bond acceptors (Lipinski definition) is 4. The zero-order chi connectivity index (χ0) is 18.5. The van der Waals surface area contributed by atoms with Crippen molar-refractivity contribution in [3.05, 3.63) is 83.0 Å². The molecule has 0 saturated carbocycles. The van der Waals surface area contributed by atoms with Crippen LogP contribution >= 0.6 is 11.6 Å². The highest BCUT2D eigenvalue weighted by Crippen LogP contribution is 2.23. The van der Waals surface area contributed by atoms with Gasteiger partial charge in [-0.05, 0) is 24.3 Å². The van der Waals surface area contributed by atoms with Gasteiger partial charge in [-0.1, -0.05) is 41.9 Å². The van der Waals surface area contributed by atoms with Gasteiger partial charge >= 0.3 is 5.97 Å². The van der Waals surface area contributed by atoms with Gasteiger partial charge in [0, 0.05) is 17.8 Å². The Balaban J connectivity index is 1.82. The van der Waals surface area contributed by atoms with E-state index in [4.69, 9.17) is 16.0 Å². The number of carbonyl (C=O) groups is 2. The first-order valence-electron chi connectivity index (χ1n) is 7.56. The van der Waals surface area contributed by atoms with Crippen molar-refractivity contribution in [2.75, 3.05) is 0 Å². The molecule has 1 aromatic carbocycles. The van der Waals surface area contributed by atoms with Crippen LogP contribution < -0.4 is 5.32 Å². The summed E-state index contributed by atoms with van der Waals surface area (Å²) >= 11 is 5.67. The summed E-state index contributed by atoms with van der Waals surface area (Å²) in [5.41, 5.74) is 0.727. The number of pyridine rings is 1. The summed E-state index contributed by atoms with van der Waals surface area (Å²) in [6.07, 6.45) is 2.51. The Morgan fingerprint density at radius 2 is 1.85 bits per heavy atom. The van der Waals surface area contributed by atoms with E-state index in [1.807, 2.05) is 30.3 Å². The quantitative estimate of drug-likeness (QED) is 0.527. The van der Waals surface area contributed by atoms with E-state index in [1.54, 1.807) is 12.1 Å². The lowest BCUT2D eigenvalue weighted by Crippen LogP contribution is -2.27. The van der Waals surface area contributed by atoms with Crippen molar-refractivity contribution in [3.8, 4) is 11.3 Å². The number of benzene rings is 1. The third-order valence-corrected chi connectivity index (χ3v) is 3.66. The molecule has 0 spiro atoms. The fourth-order valence-electron chi connectivity index (χ4n) is 2.19. The number of aromatic nitrogens is 1. The molecule has 0 fully saturated rings. The van der Waals surface area contributed by atoms with Crippen molar-refractivity contribution in [1.29, 1.82) is 0 Å². The Morgan fingerprint density at radius 1 is 1.08 bits per heavy atom. The summed E-state index contributed by atoms with van der Waals surface area (Å²) in [5, 5.41) is 11.9. The molecule has 26 heavy (non-hydrogen) atoms. The van der Waals surface area contributed by atoms with Crippen LogP contribution in [0.1, 0.15) is 16.1 Å². The molecule has 3 rings (SSSR count). The van der Waals surface area contributed by atoms with Crippen molar-refractivity contribution in [2.24, 2.45) is 0 Å². The van der Waals surface area contributed by atoms with Crippen LogP contribution in [0.2, 0.25) is 5.15 Å². The molecule has 0 bridgehead atoms. The zero-order valence-electron chi connectivity index (χ0n) is 13.3. The predicted molar refractivity (Wildman–Crippen MR) is 96.5 cm³/mol. The van der Waals surface area contributed by atoms with Gasteiger partial charge in [0.05, 0.1) is 5.56 Å². The van der Waals surface area contributed by atoms with Crippen molar-refractivity contribution in [3.63, 3.8) is 0 Å². The maximum atomic E-state index is 12.2. The number of carbonyl (C=O) groups excluding carboxylic acids is 1. The predicted octanol–water partition coefficient (Wildman–Crippen LogP) is 3.85. The lowest BCUT2D eigenvalue weighted by molar-refractivity contribution is -0.132. The standard InChI is InChI=1S/C19H13ClN2O4/c20-17-9-6-13(11-21-17)18(23)22-15(19(24)25)10-14-7-8-16(26-14)12-4-2-1-3-5-12/h1-11H,(H,22,23)(H,24,25)/b15-10-. The number of carboxylic acids is 1. The van der Waals surface area contributed by atoms with Crippen molar-refractivity contribution < 1.29 is 19.1 Å². The van der Waals surface area contributed by atoms with Crippen LogP contribution in [0.3, 0.4) is 0 Å². The molecule has 2 heterocycles. The van der Waals surface area contributed by atoms with Crippen LogP contribution in [-0.4, -0.2) is 22.0 Å². The lowest BCUT2D eigenvalue weighted by Gasteiger charge is -2.05. The van der Waals surface area contributed by atoms with E-state index in [9.17, 15) is 14.7 Å². The molecule has 0 aliphatic heterocycles. The van der Waals surface area contributed by atoms with Gasteiger partial charge in [0.25, 0.3) is 5.91 Å². The average molecular weight is 369 g/mol. The van der Waals surface area contributed by atoms with Crippen LogP contribution in [0.4, 0.5) is 0 Å². The third kappa shape index (κ3) is 4.17. The molecular weight excluding hydrogens is 356 g/mol. The molecule has 0 saturated heterocycles. The normalized spacial score (nSPS) is 11.2. The molecule has 0 aliphatic carbocycles. The molecule has 2 N–H and O–H groups in total. The van der Waals surface area contributed by atoms with Gasteiger partial charge in [-0.25, -0.2) is 9.78 Å². The van der Waals surface area contributed by atoms with Gasteiger partial charge in [-0.15, -0.1) is 0 Å². The van der Waals surface area contributed by atoms with Gasteiger partial charge in [0.2, 0.25) is 0 Å². The molecule has 0 atom stereocenters. The maximum Gasteiger partial charge on any atom is 0.352 e. The summed E-state index contributed by atoms with van der Waals surface area (Å²) in [6.45, 7) is 0. The highest BCUT2D eigenvalue weighted by Gasteiger charge is 2.15. The van der Waals surface area contributed by atoms with E-state index in [1.165, 1.54) is 24.4 Å². The number of aliphatic carboxylic acids is 1. The summed E-state index contributed by atoms with van der Waals surface area (Å²) in [4.78, 5) is 27.4. The minimum absolute atomic E-state index is 0.186. The van der Waals surface area contributed by atoms with E-state index in [0.717, 1.165) is 5.56 Å². The van der Waals surface area contributed by atoms with Crippen LogP contribution in [0, 0.1) is 0 Å². The Kier molecular flexibility index (Phi) is 5.15. The second kappa shape index (κ2) is 7.67. The molecule has 2 aromatic heterocycles. The van der Waals surface area contributed by atoms with E-state index >= 15 is 0 Å². The second-order valence-corrected chi connectivity index (χ2v) is 5.64. The maximum absolute atomic E-state index is 12.2. The van der Waals surface area contributed by atoms with Crippen molar-refractivity contribution >= 4 is 29.6 Å². The van der Waals surface area contributed by atoms with Gasteiger partial charge in [-0.2, -0.15) is 0 Å². The SMILES string of the molecule is O=C(O)/C(=C/c1ccc(-c2ccccc2)o1)NC(=O)c1ccc(Cl)nc1. The minimum atomic E-state index is -1.29. The van der Waals surface area contributed by atoms with E-state index in [-0.39, 0.29) is 16.4 Å². The molecule has 1 amide bonds. The molecule has 130 valence electrons. The Hall–Kier alpha value is -3.38. The monoisotopic (exact) mass is 368 g/mol. The number of furan rings is 1. The Labute approximate surface area is 153 Å². The smallest absolute Gasteiger partial charge is 0.352 e. The average Bonchev–Trinajstić information content (AvgIpc) is 3.11. The molecular formula is C19H13ClN2O4. The van der Waals surface area contributed by atoms with Crippen molar-refractivity contribution in [1.82, 2.24) is 10.3 Å². The van der Waals surface area contributed by atoms with Crippen molar-refractivity contribution in [2.45, 2.75) is 0 Å². The summed E-state index contributed by atoms with van der Waals surface area (Å²) in [5.74, 6) is -1.01. The van der Waals surface area contributed by atoms with E-state index in [0.29, 0.717) is 11.5 Å². The lowest BCUT2D eigenvalue weighted by atomic mass is 10.2. The van der Waals surface area contributed by atoms with Crippen LogP contribution in [0.5, 0.6) is 0 Å². The molecule has 0 radical (unpaired) electrons. The number of amides is 1. The molecule has 3 aromatic rings. The summed E-state index contributed by atoms with van der Waals surface area (Å²) in [7, 11) is 0. The topological polar surface area (TPSA) is 92.4 Å².